The number of carbonyl (C=O) groups is 1. The number of alkyl halides is 3. The Kier molecular flexibility index (Phi) is 3.30. The lowest BCUT2D eigenvalue weighted by molar-refractivity contribution is -0.142. The summed E-state index contributed by atoms with van der Waals surface area (Å²) >= 11 is 0. The highest BCUT2D eigenvalue weighted by atomic mass is 19.4. The van der Waals surface area contributed by atoms with Gasteiger partial charge in [-0.2, -0.15) is 13.2 Å². The standard InChI is InChI=1S/C10H11F3N2O2/c1-9(2,8(16)17)15-7-6(10(11,12)13)4-3-5-14-7/h3-5H,1-2H3,(H,14,15)(H,16,17). The van der Waals surface area contributed by atoms with Crippen molar-refractivity contribution >= 4 is 11.8 Å². The summed E-state index contributed by atoms with van der Waals surface area (Å²) in [6.07, 6.45) is -3.42. The average molecular weight is 248 g/mol. The van der Waals surface area contributed by atoms with Crippen LogP contribution in [0.2, 0.25) is 0 Å². The first-order valence-electron chi connectivity index (χ1n) is 4.68. The molecule has 0 saturated carbocycles. The fourth-order valence-electron chi connectivity index (χ4n) is 1.08. The molecule has 0 bridgehead atoms. The van der Waals surface area contributed by atoms with Crippen LogP contribution in [0.1, 0.15) is 19.4 Å². The van der Waals surface area contributed by atoms with Gasteiger partial charge in [-0.05, 0) is 26.0 Å². The first kappa shape index (κ1) is 13.3. The van der Waals surface area contributed by atoms with Crippen LogP contribution in [0.15, 0.2) is 18.3 Å². The molecule has 0 aliphatic rings. The number of nitrogens with zero attached hydrogens (tertiary/aromatic N) is 1. The molecule has 1 aromatic heterocycles. The minimum absolute atomic E-state index is 0.493. The molecule has 1 heterocycles. The van der Waals surface area contributed by atoms with Crippen molar-refractivity contribution < 1.29 is 23.1 Å². The van der Waals surface area contributed by atoms with Crippen LogP contribution < -0.4 is 5.32 Å². The number of pyridine rings is 1. The number of carboxylic acids is 1. The molecule has 0 amide bonds. The Morgan fingerprint density at radius 3 is 2.47 bits per heavy atom. The number of aromatic nitrogens is 1. The molecular formula is C10H11F3N2O2. The zero-order valence-corrected chi connectivity index (χ0v) is 9.17. The van der Waals surface area contributed by atoms with Gasteiger partial charge in [-0.3, -0.25) is 0 Å². The number of halogens is 3. The fraction of sp³-hybridized carbons (Fsp3) is 0.400. The average Bonchev–Trinajstić information content (AvgIpc) is 2.15. The molecular weight excluding hydrogens is 237 g/mol. The molecule has 0 aromatic carbocycles. The van der Waals surface area contributed by atoms with E-state index in [4.69, 9.17) is 5.11 Å². The summed E-state index contributed by atoms with van der Waals surface area (Å²) in [6.45, 7) is 2.51. The topological polar surface area (TPSA) is 62.2 Å². The lowest BCUT2D eigenvalue weighted by Gasteiger charge is -2.23. The molecule has 0 atom stereocenters. The summed E-state index contributed by atoms with van der Waals surface area (Å²) in [4.78, 5) is 14.3. The maximum atomic E-state index is 12.6. The smallest absolute Gasteiger partial charge is 0.419 e. The first-order valence-corrected chi connectivity index (χ1v) is 4.68. The molecule has 17 heavy (non-hydrogen) atoms. The van der Waals surface area contributed by atoms with Gasteiger partial charge in [0.2, 0.25) is 0 Å². The first-order chi connectivity index (χ1) is 7.64. The van der Waals surface area contributed by atoms with E-state index in [1.165, 1.54) is 13.8 Å². The van der Waals surface area contributed by atoms with E-state index in [0.717, 1.165) is 18.3 Å². The Bertz CT molecular complexity index is 430. The Morgan fingerprint density at radius 1 is 1.41 bits per heavy atom. The quantitative estimate of drug-likeness (QED) is 0.862. The summed E-state index contributed by atoms with van der Waals surface area (Å²) in [6, 6.07) is 1.98. The molecule has 0 fully saturated rings. The molecule has 0 saturated heterocycles. The van der Waals surface area contributed by atoms with E-state index in [2.05, 4.69) is 10.3 Å². The molecule has 0 aliphatic carbocycles. The summed E-state index contributed by atoms with van der Waals surface area (Å²) < 4.78 is 37.8. The Hall–Kier alpha value is -1.79. The molecule has 1 aromatic rings. The highest BCUT2D eigenvalue weighted by molar-refractivity contribution is 5.81. The van der Waals surface area contributed by atoms with Gasteiger partial charge in [0.05, 0.1) is 5.56 Å². The minimum Gasteiger partial charge on any atom is -0.480 e. The number of rotatable bonds is 3. The van der Waals surface area contributed by atoms with Crippen molar-refractivity contribution in [3.05, 3.63) is 23.9 Å². The van der Waals surface area contributed by atoms with E-state index in [-0.39, 0.29) is 0 Å². The van der Waals surface area contributed by atoms with Crippen molar-refractivity contribution in [2.45, 2.75) is 25.6 Å². The van der Waals surface area contributed by atoms with Crippen LogP contribution in [-0.2, 0) is 11.0 Å². The lowest BCUT2D eigenvalue weighted by Crippen LogP contribution is -2.40. The van der Waals surface area contributed by atoms with Crippen molar-refractivity contribution in [2.24, 2.45) is 0 Å². The van der Waals surface area contributed by atoms with Crippen LogP contribution >= 0.6 is 0 Å². The highest BCUT2D eigenvalue weighted by Crippen LogP contribution is 2.34. The van der Waals surface area contributed by atoms with Crippen LogP contribution in [0.25, 0.3) is 0 Å². The highest BCUT2D eigenvalue weighted by Gasteiger charge is 2.36. The third-order valence-corrected chi connectivity index (χ3v) is 2.08. The van der Waals surface area contributed by atoms with Gasteiger partial charge in [0.25, 0.3) is 0 Å². The fourth-order valence-corrected chi connectivity index (χ4v) is 1.08. The zero-order valence-electron chi connectivity index (χ0n) is 9.17. The van der Waals surface area contributed by atoms with E-state index in [9.17, 15) is 18.0 Å². The Balaban J connectivity index is 3.12. The Morgan fingerprint density at radius 2 is 2.00 bits per heavy atom. The monoisotopic (exact) mass is 248 g/mol. The normalized spacial score (nSPS) is 12.3. The van der Waals surface area contributed by atoms with Crippen molar-refractivity contribution in [3.63, 3.8) is 0 Å². The molecule has 1 rings (SSSR count). The number of anilines is 1. The molecule has 4 nitrogen and oxygen atoms in total. The third kappa shape index (κ3) is 3.08. The van der Waals surface area contributed by atoms with E-state index in [0.29, 0.717) is 0 Å². The van der Waals surface area contributed by atoms with E-state index in [1.54, 1.807) is 0 Å². The summed E-state index contributed by atoms with van der Waals surface area (Å²) in [7, 11) is 0. The Labute approximate surface area is 95.5 Å². The number of carboxylic acid groups (broad SMARTS) is 1. The van der Waals surface area contributed by atoms with Crippen molar-refractivity contribution in [1.29, 1.82) is 0 Å². The maximum Gasteiger partial charge on any atom is 0.419 e. The largest absolute Gasteiger partial charge is 0.480 e. The third-order valence-electron chi connectivity index (χ3n) is 2.08. The number of hydrogen-bond acceptors (Lipinski definition) is 3. The van der Waals surface area contributed by atoms with Gasteiger partial charge >= 0.3 is 12.1 Å². The lowest BCUT2D eigenvalue weighted by atomic mass is 10.1. The van der Waals surface area contributed by atoms with E-state index >= 15 is 0 Å². The van der Waals surface area contributed by atoms with E-state index < -0.39 is 29.1 Å². The van der Waals surface area contributed by atoms with Gasteiger partial charge in [-0.25, -0.2) is 9.78 Å². The van der Waals surface area contributed by atoms with Crippen LogP contribution in [0.3, 0.4) is 0 Å². The minimum atomic E-state index is -4.58. The molecule has 7 heteroatoms. The predicted octanol–water partition coefficient (Wildman–Crippen LogP) is 2.38. The summed E-state index contributed by atoms with van der Waals surface area (Å²) in [5.41, 5.74) is -2.52. The predicted molar refractivity (Wildman–Crippen MR) is 54.6 cm³/mol. The van der Waals surface area contributed by atoms with E-state index in [1.807, 2.05) is 0 Å². The van der Waals surface area contributed by atoms with Crippen LogP contribution in [-0.4, -0.2) is 21.6 Å². The van der Waals surface area contributed by atoms with Crippen LogP contribution in [0.5, 0.6) is 0 Å². The number of hydrogen-bond donors (Lipinski definition) is 2. The van der Waals surface area contributed by atoms with Crippen molar-refractivity contribution in [1.82, 2.24) is 4.98 Å². The second-order valence-corrected chi connectivity index (χ2v) is 3.95. The SMILES string of the molecule is CC(C)(Nc1ncccc1C(F)(F)F)C(=O)O. The summed E-state index contributed by atoms with van der Waals surface area (Å²) in [5.74, 6) is -1.76. The van der Waals surface area contributed by atoms with Gasteiger partial charge in [0.1, 0.15) is 11.4 Å². The van der Waals surface area contributed by atoms with Gasteiger partial charge in [-0.1, -0.05) is 0 Å². The molecule has 0 spiro atoms. The van der Waals surface area contributed by atoms with Gasteiger partial charge in [-0.15, -0.1) is 0 Å². The number of aliphatic carboxylic acids is 1. The summed E-state index contributed by atoms with van der Waals surface area (Å²) in [5, 5.41) is 11.1. The number of nitrogens with one attached hydrogen (secondary N) is 1. The molecule has 2 N–H and O–H groups in total. The molecule has 0 radical (unpaired) electrons. The van der Waals surface area contributed by atoms with Crippen LogP contribution in [0.4, 0.5) is 19.0 Å². The van der Waals surface area contributed by atoms with Crippen LogP contribution in [0, 0.1) is 0 Å². The molecule has 0 unspecified atom stereocenters. The molecule has 0 aliphatic heterocycles. The van der Waals surface area contributed by atoms with Crippen molar-refractivity contribution in [3.8, 4) is 0 Å². The maximum absolute atomic E-state index is 12.6. The van der Waals surface area contributed by atoms with Gasteiger partial charge in [0.15, 0.2) is 0 Å². The van der Waals surface area contributed by atoms with Crippen molar-refractivity contribution in [2.75, 3.05) is 5.32 Å². The van der Waals surface area contributed by atoms with Gasteiger partial charge in [0, 0.05) is 6.20 Å². The second kappa shape index (κ2) is 4.23. The van der Waals surface area contributed by atoms with Gasteiger partial charge < -0.3 is 10.4 Å². The second-order valence-electron chi connectivity index (χ2n) is 3.95. The molecule has 94 valence electrons. The zero-order chi connectivity index (χ0) is 13.3.